The second-order valence-electron chi connectivity index (χ2n) is 10.3. The minimum atomic E-state index is -0.462. The Hall–Kier alpha value is -3.55. The van der Waals surface area contributed by atoms with Crippen LogP contribution in [0, 0.1) is 5.41 Å². The molecule has 0 bridgehead atoms. The summed E-state index contributed by atoms with van der Waals surface area (Å²) < 4.78 is 2.14. The van der Waals surface area contributed by atoms with Crippen molar-refractivity contribution < 1.29 is 9.90 Å². The van der Waals surface area contributed by atoms with Gasteiger partial charge in [0.2, 0.25) is 0 Å². The molecule has 0 unspecified atom stereocenters. The summed E-state index contributed by atoms with van der Waals surface area (Å²) in [5.41, 5.74) is 5.41. The Bertz CT molecular complexity index is 1350. The predicted molar refractivity (Wildman–Crippen MR) is 140 cm³/mol. The van der Waals surface area contributed by atoms with Crippen molar-refractivity contribution in [3.8, 4) is 0 Å². The van der Waals surface area contributed by atoms with Crippen molar-refractivity contribution in [3.63, 3.8) is 0 Å². The normalized spacial score (nSPS) is 17.4. The number of rotatable bonds is 7. The number of aromatic nitrogens is 3. The van der Waals surface area contributed by atoms with Gasteiger partial charge in [-0.25, -0.2) is 4.98 Å². The lowest BCUT2D eigenvalue weighted by molar-refractivity contribution is -0.0247. The molecule has 0 aliphatic carbocycles. The van der Waals surface area contributed by atoms with E-state index in [1.54, 1.807) is 12.1 Å². The third-order valence-corrected chi connectivity index (χ3v) is 7.78. The molecule has 3 aromatic heterocycles. The first-order valence-electron chi connectivity index (χ1n) is 12.7. The molecule has 184 valence electrons. The van der Waals surface area contributed by atoms with Crippen LogP contribution in [0.2, 0.25) is 0 Å². The SMILES string of the molecule is O=C(CO)c1ccc(Cn2ccc3cc(N4CCC5(CC4)CN(Cc4ccccn4)C5)cnc32)cc1. The molecule has 1 N–H and O–H groups in total. The first-order valence-corrected chi connectivity index (χ1v) is 12.7. The lowest BCUT2D eigenvalue weighted by atomic mass is 9.72. The van der Waals surface area contributed by atoms with E-state index < -0.39 is 6.61 Å². The monoisotopic (exact) mass is 481 g/mol. The van der Waals surface area contributed by atoms with Gasteiger partial charge in [0, 0.05) is 62.6 Å². The lowest BCUT2D eigenvalue weighted by Gasteiger charge is -2.54. The number of aliphatic hydroxyl groups excluding tert-OH is 1. The van der Waals surface area contributed by atoms with Crippen LogP contribution in [0.25, 0.3) is 11.0 Å². The highest BCUT2D eigenvalue weighted by Gasteiger charge is 2.44. The molecule has 0 atom stereocenters. The van der Waals surface area contributed by atoms with Crippen LogP contribution in [0.15, 0.2) is 73.2 Å². The summed E-state index contributed by atoms with van der Waals surface area (Å²) in [5, 5.41) is 10.2. The van der Waals surface area contributed by atoms with Gasteiger partial charge in [0.15, 0.2) is 5.78 Å². The summed E-state index contributed by atoms with van der Waals surface area (Å²) >= 11 is 0. The molecule has 0 saturated carbocycles. The van der Waals surface area contributed by atoms with Crippen LogP contribution in [0.1, 0.15) is 34.5 Å². The second kappa shape index (κ2) is 9.48. The molecule has 0 radical (unpaired) electrons. The third-order valence-electron chi connectivity index (χ3n) is 7.78. The van der Waals surface area contributed by atoms with Gasteiger partial charge in [0.1, 0.15) is 12.3 Å². The van der Waals surface area contributed by atoms with E-state index in [9.17, 15) is 4.79 Å². The molecular formula is C29H31N5O2. The van der Waals surface area contributed by atoms with Gasteiger partial charge >= 0.3 is 0 Å². The lowest BCUT2D eigenvalue weighted by Crippen LogP contribution is -2.59. The van der Waals surface area contributed by atoms with Crippen molar-refractivity contribution in [2.75, 3.05) is 37.7 Å². The number of Topliss-reactive ketones (excluding diaryl/α,β-unsaturated/α-hetero) is 1. The van der Waals surface area contributed by atoms with E-state index >= 15 is 0 Å². The Kier molecular flexibility index (Phi) is 6.03. The number of pyridine rings is 2. The van der Waals surface area contributed by atoms with Gasteiger partial charge in [-0.05, 0) is 48.1 Å². The summed E-state index contributed by atoms with van der Waals surface area (Å²) in [6.07, 6.45) is 8.40. The zero-order valence-electron chi connectivity index (χ0n) is 20.4. The van der Waals surface area contributed by atoms with Crippen molar-refractivity contribution in [2.24, 2.45) is 5.41 Å². The maximum Gasteiger partial charge on any atom is 0.188 e. The van der Waals surface area contributed by atoms with Gasteiger partial charge in [0.25, 0.3) is 0 Å². The largest absolute Gasteiger partial charge is 0.388 e. The summed E-state index contributed by atoms with van der Waals surface area (Å²) in [6.45, 7) is 5.67. The van der Waals surface area contributed by atoms with E-state index in [2.05, 4.69) is 49.8 Å². The van der Waals surface area contributed by atoms with Gasteiger partial charge in [0.05, 0.1) is 17.6 Å². The smallest absolute Gasteiger partial charge is 0.188 e. The van der Waals surface area contributed by atoms with E-state index in [0.717, 1.165) is 41.9 Å². The summed E-state index contributed by atoms with van der Waals surface area (Å²) in [6, 6.07) is 18.0. The molecule has 2 saturated heterocycles. The molecule has 6 rings (SSSR count). The van der Waals surface area contributed by atoms with Gasteiger partial charge in [-0.1, -0.05) is 30.3 Å². The molecule has 2 aliphatic heterocycles. The maximum atomic E-state index is 11.6. The van der Waals surface area contributed by atoms with Crippen LogP contribution in [0.5, 0.6) is 0 Å². The first-order chi connectivity index (χ1) is 17.6. The zero-order valence-corrected chi connectivity index (χ0v) is 20.4. The maximum absolute atomic E-state index is 11.6. The highest BCUT2D eigenvalue weighted by atomic mass is 16.3. The number of ketones is 1. The van der Waals surface area contributed by atoms with Crippen molar-refractivity contribution in [2.45, 2.75) is 25.9 Å². The van der Waals surface area contributed by atoms with E-state index in [0.29, 0.717) is 17.5 Å². The first kappa shape index (κ1) is 22.9. The van der Waals surface area contributed by atoms with Crippen LogP contribution < -0.4 is 4.90 Å². The predicted octanol–water partition coefficient (Wildman–Crippen LogP) is 3.76. The molecule has 7 nitrogen and oxygen atoms in total. The van der Waals surface area contributed by atoms with Crippen molar-refractivity contribution >= 4 is 22.5 Å². The fraction of sp³-hybridized carbons (Fsp3) is 0.345. The van der Waals surface area contributed by atoms with Crippen molar-refractivity contribution in [1.29, 1.82) is 0 Å². The van der Waals surface area contributed by atoms with E-state index in [-0.39, 0.29) is 5.78 Å². The average molecular weight is 482 g/mol. The minimum Gasteiger partial charge on any atom is -0.388 e. The van der Waals surface area contributed by atoms with Crippen LogP contribution in [0.4, 0.5) is 5.69 Å². The number of nitrogens with zero attached hydrogens (tertiary/aromatic N) is 5. The second-order valence-corrected chi connectivity index (χ2v) is 10.3. The number of hydrogen-bond donors (Lipinski definition) is 1. The van der Waals surface area contributed by atoms with E-state index in [1.807, 2.05) is 30.6 Å². The number of aliphatic hydroxyl groups is 1. The standard InChI is InChI=1S/C29H31N5O2/c35-19-27(36)23-6-4-22(5-7-23)17-34-12-8-24-15-26(16-31-28(24)34)33-13-9-29(10-14-33)20-32(21-29)18-25-3-1-2-11-30-25/h1-8,11-12,15-16,35H,9-10,13-14,17-21H2. The third kappa shape index (κ3) is 4.52. The zero-order chi connectivity index (χ0) is 24.5. The number of likely N-dealkylation sites (tertiary alicyclic amines) is 1. The highest BCUT2D eigenvalue weighted by molar-refractivity contribution is 5.96. The summed E-state index contributed by atoms with van der Waals surface area (Å²) in [4.78, 5) is 25.9. The van der Waals surface area contributed by atoms with Crippen molar-refractivity contribution in [3.05, 3.63) is 90.0 Å². The van der Waals surface area contributed by atoms with Gasteiger partial charge in [-0.3, -0.25) is 14.7 Å². The Labute approximate surface area is 211 Å². The van der Waals surface area contributed by atoms with Crippen LogP contribution in [-0.4, -0.2) is 63.1 Å². The number of benzene rings is 1. The Morgan fingerprint density at radius 1 is 0.972 bits per heavy atom. The molecule has 4 aromatic rings. The van der Waals surface area contributed by atoms with Crippen LogP contribution in [0.3, 0.4) is 0 Å². The van der Waals surface area contributed by atoms with Crippen molar-refractivity contribution in [1.82, 2.24) is 19.4 Å². The van der Waals surface area contributed by atoms with E-state index in [1.165, 1.54) is 31.6 Å². The molecule has 2 fully saturated rings. The fourth-order valence-corrected chi connectivity index (χ4v) is 5.74. The summed E-state index contributed by atoms with van der Waals surface area (Å²) in [7, 11) is 0. The van der Waals surface area contributed by atoms with Crippen LogP contribution in [-0.2, 0) is 13.1 Å². The number of fused-ring (bicyclic) bond motifs is 1. The van der Waals surface area contributed by atoms with E-state index in [4.69, 9.17) is 10.1 Å². The molecular weight excluding hydrogens is 450 g/mol. The van der Waals surface area contributed by atoms with Gasteiger partial charge < -0.3 is 14.6 Å². The van der Waals surface area contributed by atoms with Gasteiger partial charge in [-0.15, -0.1) is 0 Å². The molecule has 36 heavy (non-hydrogen) atoms. The molecule has 5 heterocycles. The number of carbonyl (C=O) groups is 1. The molecule has 0 amide bonds. The highest BCUT2D eigenvalue weighted by Crippen LogP contribution is 2.42. The molecule has 1 aromatic carbocycles. The molecule has 1 spiro atoms. The fourth-order valence-electron chi connectivity index (χ4n) is 5.74. The van der Waals surface area contributed by atoms with Crippen LogP contribution >= 0.6 is 0 Å². The summed E-state index contributed by atoms with van der Waals surface area (Å²) in [5.74, 6) is -0.259. The Morgan fingerprint density at radius 3 is 2.50 bits per heavy atom. The van der Waals surface area contributed by atoms with Gasteiger partial charge in [-0.2, -0.15) is 0 Å². The Balaban J connectivity index is 1.07. The number of hydrogen-bond acceptors (Lipinski definition) is 6. The molecule has 2 aliphatic rings. The average Bonchev–Trinajstić information content (AvgIpc) is 3.30. The number of piperidine rings is 1. The Morgan fingerprint density at radius 2 is 1.78 bits per heavy atom. The number of anilines is 1. The number of carbonyl (C=O) groups excluding carboxylic acids is 1. The topological polar surface area (TPSA) is 74.5 Å². The molecule has 7 heteroatoms. The minimum absolute atomic E-state index is 0.259. The quantitative estimate of drug-likeness (QED) is 0.405.